The number of carbonyl (C=O) groups excluding carboxylic acids is 1. The minimum absolute atomic E-state index is 0.0965. The first kappa shape index (κ1) is 13.3. The van der Waals surface area contributed by atoms with E-state index in [2.05, 4.69) is 10.6 Å². The molecule has 0 bridgehead atoms. The molecule has 0 aromatic heterocycles. The molecular formula is C9H18F2N2O. The fourth-order valence-electron chi connectivity index (χ4n) is 0.855. The summed E-state index contributed by atoms with van der Waals surface area (Å²) in [7, 11) is 0. The molecule has 1 atom stereocenters. The van der Waals surface area contributed by atoms with E-state index in [1.165, 1.54) is 6.92 Å². The third-order valence-corrected chi connectivity index (χ3v) is 1.77. The quantitative estimate of drug-likeness (QED) is 0.659. The normalized spacial score (nSPS) is 12.9. The average Bonchev–Trinajstić information content (AvgIpc) is 2.14. The van der Waals surface area contributed by atoms with Crippen LogP contribution in [0.3, 0.4) is 0 Å². The number of amides is 1. The lowest BCUT2D eigenvalue weighted by Gasteiger charge is -2.11. The van der Waals surface area contributed by atoms with Crippen molar-refractivity contribution in [2.24, 2.45) is 0 Å². The van der Waals surface area contributed by atoms with E-state index < -0.39 is 12.5 Å². The van der Waals surface area contributed by atoms with Crippen LogP contribution in [-0.2, 0) is 4.79 Å². The number of alkyl halides is 2. The summed E-state index contributed by atoms with van der Waals surface area (Å²) in [5.41, 5.74) is 0. The smallest absolute Gasteiger partial charge is 0.253 e. The van der Waals surface area contributed by atoms with Gasteiger partial charge in [-0.25, -0.2) is 8.78 Å². The predicted molar refractivity (Wildman–Crippen MR) is 51.4 cm³/mol. The summed E-state index contributed by atoms with van der Waals surface area (Å²) in [5, 5.41) is 5.25. The van der Waals surface area contributed by atoms with Gasteiger partial charge in [0.2, 0.25) is 5.91 Å². The predicted octanol–water partition coefficient (Wildman–Crippen LogP) is 1.15. The zero-order valence-corrected chi connectivity index (χ0v) is 8.65. The third kappa shape index (κ3) is 6.77. The van der Waals surface area contributed by atoms with Gasteiger partial charge in [-0.3, -0.25) is 4.79 Å². The van der Waals surface area contributed by atoms with Crippen LogP contribution in [0, 0.1) is 0 Å². The number of hydrogen-bond acceptors (Lipinski definition) is 2. The second-order valence-electron chi connectivity index (χ2n) is 3.18. The van der Waals surface area contributed by atoms with Gasteiger partial charge in [-0.1, -0.05) is 6.92 Å². The van der Waals surface area contributed by atoms with Crippen LogP contribution in [0.15, 0.2) is 0 Å². The van der Waals surface area contributed by atoms with Crippen LogP contribution >= 0.6 is 0 Å². The Kier molecular flexibility index (Phi) is 7.28. The zero-order valence-electron chi connectivity index (χ0n) is 8.65. The number of halogens is 2. The molecule has 3 nitrogen and oxygen atoms in total. The summed E-state index contributed by atoms with van der Waals surface area (Å²) in [4.78, 5) is 11.0. The third-order valence-electron chi connectivity index (χ3n) is 1.77. The van der Waals surface area contributed by atoms with E-state index in [1.54, 1.807) is 0 Å². The first-order chi connectivity index (χ1) is 6.57. The molecule has 0 fully saturated rings. The lowest BCUT2D eigenvalue weighted by Crippen LogP contribution is -2.36. The van der Waals surface area contributed by atoms with Crippen molar-refractivity contribution >= 4 is 5.91 Å². The molecule has 0 aliphatic heterocycles. The topological polar surface area (TPSA) is 41.1 Å². The lowest BCUT2D eigenvalue weighted by molar-refractivity contribution is -0.121. The molecule has 5 heteroatoms. The molecule has 84 valence electrons. The van der Waals surface area contributed by atoms with Gasteiger partial charge >= 0.3 is 0 Å². The number of rotatable bonds is 7. The van der Waals surface area contributed by atoms with E-state index in [4.69, 9.17) is 0 Å². The van der Waals surface area contributed by atoms with Crippen LogP contribution in [0.1, 0.15) is 26.7 Å². The molecule has 0 aliphatic carbocycles. The Labute approximate surface area is 83.3 Å². The maximum Gasteiger partial charge on any atom is 0.253 e. The van der Waals surface area contributed by atoms with E-state index in [9.17, 15) is 13.6 Å². The van der Waals surface area contributed by atoms with E-state index in [1.807, 2.05) is 6.92 Å². The van der Waals surface area contributed by atoms with E-state index >= 15 is 0 Å². The summed E-state index contributed by atoms with van der Waals surface area (Å²) in [5.74, 6) is -0.0965. The highest BCUT2D eigenvalue weighted by atomic mass is 19.3. The van der Waals surface area contributed by atoms with Crippen LogP contribution in [0.4, 0.5) is 8.78 Å². The summed E-state index contributed by atoms with van der Waals surface area (Å²) >= 11 is 0. The van der Waals surface area contributed by atoms with Gasteiger partial charge in [-0.05, 0) is 13.3 Å². The average molecular weight is 208 g/mol. The summed E-state index contributed by atoms with van der Waals surface area (Å²) in [6, 6.07) is -0.853. The number of hydrogen-bond donors (Lipinski definition) is 2. The van der Waals surface area contributed by atoms with Gasteiger partial charge in [0.1, 0.15) is 0 Å². The molecule has 2 N–H and O–H groups in total. The van der Waals surface area contributed by atoms with E-state index in [-0.39, 0.29) is 12.3 Å². The van der Waals surface area contributed by atoms with Crippen LogP contribution in [-0.4, -0.2) is 31.5 Å². The van der Waals surface area contributed by atoms with E-state index in [0.29, 0.717) is 13.1 Å². The highest BCUT2D eigenvalue weighted by molar-refractivity contribution is 5.75. The van der Waals surface area contributed by atoms with Crippen molar-refractivity contribution in [3.8, 4) is 0 Å². The molecule has 0 spiro atoms. The largest absolute Gasteiger partial charge is 0.356 e. The molecule has 0 radical (unpaired) electrons. The standard InChI is InChI=1S/C9H18F2N2O/c1-3-5-13-8(14)4-6-12-7(2)9(10)11/h7,9,12H,3-6H2,1-2H3,(H,13,14). The van der Waals surface area contributed by atoms with Crippen LogP contribution in [0.25, 0.3) is 0 Å². The SMILES string of the molecule is CCCNC(=O)CCNC(C)C(F)F. The lowest BCUT2D eigenvalue weighted by atomic mass is 10.3. The Morgan fingerprint density at radius 3 is 2.50 bits per heavy atom. The summed E-state index contributed by atoms with van der Waals surface area (Å²) in [6.45, 7) is 4.29. The van der Waals surface area contributed by atoms with Gasteiger partial charge in [0, 0.05) is 19.5 Å². The van der Waals surface area contributed by atoms with Crippen molar-refractivity contribution < 1.29 is 13.6 Å². The maximum absolute atomic E-state index is 12.0. The first-order valence-electron chi connectivity index (χ1n) is 4.86. The molecule has 0 rings (SSSR count). The Morgan fingerprint density at radius 2 is 2.00 bits per heavy atom. The van der Waals surface area contributed by atoms with Crippen molar-refractivity contribution in [2.75, 3.05) is 13.1 Å². The van der Waals surface area contributed by atoms with Gasteiger partial charge in [0.05, 0.1) is 6.04 Å². The van der Waals surface area contributed by atoms with Gasteiger partial charge in [-0.15, -0.1) is 0 Å². The zero-order chi connectivity index (χ0) is 11.0. The Bertz CT molecular complexity index is 165. The Morgan fingerprint density at radius 1 is 1.36 bits per heavy atom. The maximum atomic E-state index is 12.0. The van der Waals surface area contributed by atoms with Gasteiger partial charge in [-0.2, -0.15) is 0 Å². The number of carbonyl (C=O) groups is 1. The molecule has 1 amide bonds. The van der Waals surface area contributed by atoms with Crippen LogP contribution < -0.4 is 10.6 Å². The highest BCUT2D eigenvalue weighted by Gasteiger charge is 2.13. The molecule has 0 saturated heterocycles. The molecule has 0 aliphatic rings. The molecule has 0 heterocycles. The van der Waals surface area contributed by atoms with Crippen molar-refractivity contribution in [1.29, 1.82) is 0 Å². The molecule has 1 unspecified atom stereocenters. The molecule has 14 heavy (non-hydrogen) atoms. The summed E-state index contributed by atoms with van der Waals surface area (Å²) < 4.78 is 24.0. The van der Waals surface area contributed by atoms with Crippen molar-refractivity contribution in [1.82, 2.24) is 10.6 Å². The minimum atomic E-state index is -2.38. The fourth-order valence-corrected chi connectivity index (χ4v) is 0.855. The van der Waals surface area contributed by atoms with E-state index in [0.717, 1.165) is 6.42 Å². The van der Waals surface area contributed by atoms with Gasteiger partial charge in [0.15, 0.2) is 0 Å². The second-order valence-corrected chi connectivity index (χ2v) is 3.18. The fraction of sp³-hybridized carbons (Fsp3) is 0.889. The molecule has 0 aromatic carbocycles. The monoisotopic (exact) mass is 208 g/mol. The van der Waals surface area contributed by atoms with Crippen molar-refractivity contribution in [3.05, 3.63) is 0 Å². The first-order valence-corrected chi connectivity index (χ1v) is 4.86. The number of nitrogens with one attached hydrogen (secondary N) is 2. The Hall–Kier alpha value is -0.710. The van der Waals surface area contributed by atoms with Crippen molar-refractivity contribution in [3.63, 3.8) is 0 Å². The highest BCUT2D eigenvalue weighted by Crippen LogP contribution is 1.98. The van der Waals surface area contributed by atoms with Crippen LogP contribution in [0.5, 0.6) is 0 Å². The van der Waals surface area contributed by atoms with Crippen LogP contribution in [0.2, 0.25) is 0 Å². The molecular weight excluding hydrogens is 190 g/mol. The second kappa shape index (κ2) is 7.67. The molecule has 0 saturated carbocycles. The van der Waals surface area contributed by atoms with Gasteiger partial charge < -0.3 is 10.6 Å². The van der Waals surface area contributed by atoms with Gasteiger partial charge in [0.25, 0.3) is 6.43 Å². The minimum Gasteiger partial charge on any atom is -0.356 e. The van der Waals surface area contributed by atoms with Crippen molar-refractivity contribution in [2.45, 2.75) is 39.2 Å². The molecule has 0 aromatic rings. The Balaban J connectivity index is 3.39. The summed E-state index contributed by atoms with van der Waals surface area (Å²) in [6.07, 6.45) is -1.25.